The van der Waals surface area contributed by atoms with Crippen LogP contribution in [-0.2, 0) is 6.54 Å². The van der Waals surface area contributed by atoms with Crippen molar-refractivity contribution in [3.8, 4) is 17.4 Å². The van der Waals surface area contributed by atoms with E-state index >= 15 is 0 Å². The second-order valence-electron chi connectivity index (χ2n) is 6.81. The molecule has 0 saturated carbocycles. The fourth-order valence-electron chi connectivity index (χ4n) is 2.98. The van der Waals surface area contributed by atoms with Gasteiger partial charge in [-0.05, 0) is 37.6 Å². The lowest BCUT2D eigenvalue weighted by atomic mass is 10.2. The minimum absolute atomic E-state index is 0.634. The molecule has 3 rings (SSSR count). The first-order valence-electron chi connectivity index (χ1n) is 9.57. The summed E-state index contributed by atoms with van der Waals surface area (Å²) in [5.74, 6) is 3.13. The van der Waals surface area contributed by atoms with Gasteiger partial charge in [0.2, 0.25) is 5.95 Å². The van der Waals surface area contributed by atoms with E-state index in [2.05, 4.69) is 25.2 Å². The summed E-state index contributed by atoms with van der Waals surface area (Å²) in [6, 6.07) is 7.91. The maximum atomic E-state index is 5.32. The van der Waals surface area contributed by atoms with Crippen molar-refractivity contribution in [1.82, 2.24) is 24.8 Å². The van der Waals surface area contributed by atoms with Gasteiger partial charge in [-0.25, -0.2) is 9.97 Å². The SMILES string of the molecule is COc1cc(CNCCCN(C)c2cc(C)nc(-n3ccnc3)n2)cc(OC)c1. The smallest absolute Gasteiger partial charge is 0.237 e. The number of rotatable bonds is 10. The van der Waals surface area contributed by atoms with E-state index in [1.807, 2.05) is 49.0 Å². The van der Waals surface area contributed by atoms with E-state index in [9.17, 15) is 0 Å². The molecule has 29 heavy (non-hydrogen) atoms. The molecule has 0 spiro atoms. The fraction of sp³-hybridized carbons (Fsp3) is 0.381. The molecule has 0 bridgehead atoms. The predicted molar refractivity (Wildman–Crippen MR) is 113 cm³/mol. The number of aromatic nitrogens is 4. The summed E-state index contributed by atoms with van der Waals surface area (Å²) in [5, 5.41) is 3.47. The summed E-state index contributed by atoms with van der Waals surface area (Å²) in [5.41, 5.74) is 2.06. The van der Waals surface area contributed by atoms with E-state index in [0.29, 0.717) is 5.95 Å². The Bertz CT molecular complexity index is 891. The molecule has 0 fully saturated rings. The highest BCUT2D eigenvalue weighted by Gasteiger charge is 2.08. The Balaban J connectivity index is 1.50. The number of hydrogen-bond donors (Lipinski definition) is 1. The van der Waals surface area contributed by atoms with Crippen LogP contribution in [0.15, 0.2) is 43.0 Å². The van der Waals surface area contributed by atoms with E-state index in [0.717, 1.165) is 54.6 Å². The summed E-state index contributed by atoms with van der Waals surface area (Å²) in [6.07, 6.45) is 6.26. The van der Waals surface area contributed by atoms with Crippen molar-refractivity contribution in [1.29, 1.82) is 0 Å². The van der Waals surface area contributed by atoms with Gasteiger partial charge in [0.15, 0.2) is 0 Å². The fourth-order valence-corrected chi connectivity index (χ4v) is 2.98. The van der Waals surface area contributed by atoms with E-state index in [4.69, 9.17) is 9.47 Å². The van der Waals surface area contributed by atoms with Crippen LogP contribution >= 0.6 is 0 Å². The molecular weight excluding hydrogens is 368 g/mol. The number of imidazole rings is 1. The third-order valence-electron chi connectivity index (χ3n) is 4.54. The van der Waals surface area contributed by atoms with E-state index in [1.165, 1.54) is 0 Å². The highest BCUT2D eigenvalue weighted by molar-refractivity contribution is 5.41. The second kappa shape index (κ2) is 9.88. The van der Waals surface area contributed by atoms with Crippen LogP contribution in [0.4, 0.5) is 5.82 Å². The van der Waals surface area contributed by atoms with Crippen molar-refractivity contribution in [3.63, 3.8) is 0 Å². The molecule has 0 unspecified atom stereocenters. The third kappa shape index (κ3) is 5.68. The van der Waals surface area contributed by atoms with Crippen LogP contribution in [0.1, 0.15) is 17.7 Å². The molecule has 3 aromatic rings. The van der Waals surface area contributed by atoms with Gasteiger partial charge < -0.3 is 19.7 Å². The highest BCUT2D eigenvalue weighted by atomic mass is 16.5. The average molecular weight is 396 g/mol. The van der Waals surface area contributed by atoms with Crippen LogP contribution in [0.5, 0.6) is 11.5 Å². The lowest BCUT2D eigenvalue weighted by Gasteiger charge is -2.19. The highest BCUT2D eigenvalue weighted by Crippen LogP contribution is 2.22. The molecule has 2 heterocycles. The van der Waals surface area contributed by atoms with Crippen LogP contribution in [0, 0.1) is 6.92 Å². The molecule has 8 nitrogen and oxygen atoms in total. The Hall–Kier alpha value is -3.13. The van der Waals surface area contributed by atoms with E-state index < -0.39 is 0 Å². The van der Waals surface area contributed by atoms with Crippen molar-refractivity contribution in [2.45, 2.75) is 19.9 Å². The molecule has 2 aromatic heterocycles. The van der Waals surface area contributed by atoms with Gasteiger partial charge in [-0.1, -0.05) is 0 Å². The molecule has 0 atom stereocenters. The van der Waals surface area contributed by atoms with Crippen molar-refractivity contribution in [2.24, 2.45) is 0 Å². The Morgan fingerprint density at radius 2 is 1.83 bits per heavy atom. The summed E-state index contributed by atoms with van der Waals surface area (Å²) in [6.45, 7) is 4.51. The molecule has 0 saturated heterocycles. The van der Waals surface area contributed by atoms with Crippen LogP contribution in [0.2, 0.25) is 0 Å². The number of nitrogens with one attached hydrogen (secondary N) is 1. The standard InChI is InChI=1S/C21H28N6O2/c1-16-10-20(25-21(24-16)27-9-7-23-15-27)26(2)8-5-6-22-14-17-11-18(28-3)13-19(12-17)29-4/h7,9-13,15,22H,5-6,8,14H2,1-4H3. The van der Waals surface area contributed by atoms with Crippen LogP contribution < -0.4 is 19.7 Å². The number of nitrogens with zero attached hydrogens (tertiary/aromatic N) is 5. The first kappa shape index (κ1) is 20.6. The maximum absolute atomic E-state index is 5.32. The average Bonchev–Trinajstić information content (AvgIpc) is 3.27. The Morgan fingerprint density at radius 3 is 2.48 bits per heavy atom. The van der Waals surface area contributed by atoms with Gasteiger partial charge in [-0.2, -0.15) is 4.98 Å². The first-order chi connectivity index (χ1) is 14.1. The summed E-state index contributed by atoms with van der Waals surface area (Å²) in [4.78, 5) is 15.3. The molecule has 0 aliphatic carbocycles. The first-order valence-corrected chi connectivity index (χ1v) is 9.57. The van der Waals surface area contributed by atoms with Gasteiger partial charge >= 0.3 is 0 Å². The summed E-state index contributed by atoms with van der Waals surface area (Å²) < 4.78 is 12.5. The van der Waals surface area contributed by atoms with Gasteiger partial charge in [-0.15, -0.1) is 0 Å². The van der Waals surface area contributed by atoms with Gasteiger partial charge in [0.25, 0.3) is 0 Å². The number of hydrogen-bond acceptors (Lipinski definition) is 7. The number of methoxy groups -OCH3 is 2. The molecule has 8 heteroatoms. The number of aryl methyl sites for hydroxylation is 1. The van der Waals surface area contributed by atoms with Gasteiger partial charge in [0, 0.05) is 50.4 Å². The van der Waals surface area contributed by atoms with Crippen molar-refractivity contribution in [3.05, 3.63) is 54.2 Å². The number of anilines is 1. The molecule has 0 aliphatic heterocycles. The zero-order valence-electron chi connectivity index (χ0n) is 17.4. The lowest BCUT2D eigenvalue weighted by Crippen LogP contribution is -2.25. The Labute approximate surface area is 171 Å². The van der Waals surface area contributed by atoms with Crippen LogP contribution in [0.25, 0.3) is 5.95 Å². The molecule has 0 amide bonds. The minimum atomic E-state index is 0.634. The third-order valence-corrected chi connectivity index (χ3v) is 4.54. The van der Waals surface area contributed by atoms with Gasteiger partial charge in [-0.3, -0.25) is 4.57 Å². The minimum Gasteiger partial charge on any atom is -0.497 e. The molecular formula is C21H28N6O2. The monoisotopic (exact) mass is 396 g/mol. The van der Waals surface area contributed by atoms with Gasteiger partial charge in [0.05, 0.1) is 14.2 Å². The van der Waals surface area contributed by atoms with Gasteiger partial charge in [0.1, 0.15) is 23.6 Å². The largest absolute Gasteiger partial charge is 0.497 e. The van der Waals surface area contributed by atoms with Crippen molar-refractivity contribution < 1.29 is 9.47 Å². The topological polar surface area (TPSA) is 77.3 Å². The van der Waals surface area contributed by atoms with Crippen LogP contribution in [0.3, 0.4) is 0 Å². The van der Waals surface area contributed by atoms with Crippen LogP contribution in [-0.4, -0.2) is 53.9 Å². The lowest BCUT2D eigenvalue weighted by molar-refractivity contribution is 0.393. The van der Waals surface area contributed by atoms with E-state index in [-0.39, 0.29) is 0 Å². The molecule has 1 aromatic carbocycles. The summed E-state index contributed by atoms with van der Waals surface area (Å²) in [7, 11) is 5.37. The maximum Gasteiger partial charge on any atom is 0.237 e. The quantitative estimate of drug-likeness (QED) is 0.528. The Kier molecular flexibility index (Phi) is 7.02. The number of benzene rings is 1. The van der Waals surface area contributed by atoms with Crippen molar-refractivity contribution >= 4 is 5.82 Å². The number of ether oxygens (including phenoxy) is 2. The molecule has 0 radical (unpaired) electrons. The zero-order valence-corrected chi connectivity index (χ0v) is 17.4. The molecule has 154 valence electrons. The zero-order chi connectivity index (χ0) is 20.6. The molecule has 1 N–H and O–H groups in total. The summed E-state index contributed by atoms with van der Waals surface area (Å²) >= 11 is 0. The normalized spacial score (nSPS) is 10.8. The second-order valence-corrected chi connectivity index (χ2v) is 6.81. The molecule has 0 aliphatic rings. The van der Waals surface area contributed by atoms with Crippen molar-refractivity contribution in [2.75, 3.05) is 39.3 Å². The Morgan fingerprint density at radius 1 is 1.07 bits per heavy atom. The van der Waals surface area contributed by atoms with E-state index in [1.54, 1.807) is 26.7 Å². The predicted octanol–water partition coefficient (Wildman–Crippen LogP) is 2.60.